The molecular weight excluding hydrogens is 766 g/mol. The maximum Gasteiger partial charge on any atom is 0.229 e. The lowest BCUT2D eigenvalue weighted by Crippen LogP contribution is -2.16. The van der Waals surface area contributed by atoms with E-state index in [1.165, 1.54) is 11.3 Å². The topological polar surface area (TPSA) is 122 Å². The van der Waals surface area contributed by atoms with Crippen LogP contribution in [-0.4, -0.2) is 71.7 Å². The lowest BCUT2D eigenvalue weighted by Gasteiger charge is -2.07. The molecule has 4 aromatic heterocycles. The number of hydrogen-bond donors (Lipinski definition) is 1. The number of benzene rings is 2. The molecule has 0 amide bonds. The van der Waals surface area contributed by atoms with Crippen LogP contribution in [0, 0.1) is 6.92 Å². The van der Waals surface area contributed by atoms with Crippen molar-refractivity contribution in [2.24, 2.45) is 0 Å². The molecule has 3 unspecified atom stereocenters. The number of nitrogens with one attached hydrogen (secondary N) is 1. The predicted octanol–water partition coefficient (Wildman–Crippen LogP) is 7.51. The van der Waals surface area contributed by atoms with E-state index in [0.29, 0.717) is 41.8 Å². The maximum atomic E-state index is 14.7. The number of ether oxygens (including phenoxy) is 2. The number of Topliss-reactive ketones (excluding diaryl/α,β-unsaturated/α-hetero) is 1. The lowest BCUT2D eigenvalue weighted by atomic mass is 10.1. The summed E-state index contributed by atoms with van der Waals surface area (Å²) in [5.41, 5.74) is 6.48. The van der Waals surface area contributed by atoms with E-state index in [2.05, 4.69) is 41.4 Å². The summed E-state index contributed by atoms with van der Waals surface area (Å²) in [5.74, 6) is 2.00. The van der Waals surface area contributed by atoms with Crippen LogP contribution in [0.3, 0.4) is 0 Å². The van der Waals surface area contributed by atoms with Crippen LogP contribution in [0.25, 0.3) is 11.3 Å². The summed E-state index contributed by atoms with van der Waals surface area (Å²) in [6, 6.07) is 17.3. The van der Waals surface area contributed by atoms with Gasteiger partial charge in [-0.3, -0.25) is 14.2 Å². The Bertz CT molecular complexity index is 2210. The number of aryl methyl sites for hydroxylation is 1. The van der Waals surface area contributed by atoms with Crippen LogP contribution < -0.4 is 14.8 Å². The zero-order chi connectivity index (χ0) is 37.1. The quantitative estimate of drug-likeness (QED) is 0.123. The second kappa shape index (κ2) is 15.9. The van der Waals surface area contributed by atoms with Gasteiger partial charge in [0.05, 0.1) is 54.8 Å². The van der Waals surface area contributed by atoms with Gasteiger partial charge in [-0.1, -0.05) is 40.2 Å². The zero-order valence-corrected chi connectivity index (χ0v) is 31.7. The minimum atomic E-state index is -1.04. The van der Waals surface area contributed by atoms with Gasteiger partial charge in [-0.2, -0.15) is 10.2 Å². The number of hydrogen-bond acceptors (Lipinski definition) is 10. The molecule has 0 aliphatic heterocycles. The highest BCUT2D eigenvalue weighted by Crippen LogP contribution is 2.38. The first kappa shape index (κ1) is 36.3. The van der Waals surface area contributed by atoms with Gasteiger partial charge >= 0.3 is 0 Å². The van der Waals surface area contributed by atoms with Crippen molar-refractivity contribution in [1.82, 2.24) is 34.5 Å². The van der Waals surface area contributed by atoms with Crippen molar-refractivity contribution in [3.8, 4) is 22.8 Å². The van der Waals surface area contributed by atoms with Crippen LogP contribution in [0.15, 0.2) is 73.2 Å². The first-order chi connectivity index (χ1) is 25.6. The molecule has 0 spiro atoms. The van der Waals surface area contributed by atoms with E-state index in [1.807, 2.05) is 72.4 Å². The molecule has 0 radical (unpaired) electrons. The fourth-order valence-corrected chi connectivity index (χ4v) is 7.94. The number of anilines is 2. The number of halogens is 3. The third kappa shape index (κ3) is 8.62. The summed E-state index contributed by atoms with van der Waals surface area (Å²) in [4.78, 5) is 26.0. The van der Waals surface area contributed by atoms with Crippen molar-refractivity contribution in [2.75, 3.05) is 19.5 Å². The first-order valence-electron chi connectivity index (χ1n) is 17.1. The molecule has 6 aromatic rings. The van der Waals surface area contributed by atoms with Gasteiger partial charge < -0.3 is 14.8 Å². The Hall–Kier alpha value is -5.02. The normalized spacial score (nSPS) is 17.7. The monoisotopic (exact) mass is 802 g/mol. The molecule has 2 aliphatic rings. The average molecular weight is 804 g/mol. The van der Waals surface area contributed by atoms with Crippen molar-refractivity contribution >= 4 is 44.1 Å². The highest BCUT2D eigenvalue weighted by molar-refractivity contribution is 9.10. The molecule has 8 rings (SSSR count). The summed E-state index contributed by atoms with van der Waals surface area (Å²) < 4.78 is 42.4. The molecule has 4 heterocycles. The number of ketones is 1. The highest BCUT2D eigenvalue weighted by atomic mass is 79.9. The van der Waals surface area contributed by atoms with E-state index < -0.39 is 17.2 Å². The third-order valence-corrected chi connectivity index (χ3v) is 10.7. The summed E-state index contributed by atoms with van der Waals surface area (Å²) in [5, 5.41) is 12.9. The first-order valence-corrected chi connectivity index (χ1v) is 18.8. The van der Waals surface area contributed by atoms with Gasteiger partial charge in [-0.15, -0.1) is 11.3 Å². The molecular formula is C38H37BrF2N8O3S. The van der Waals surface area contributed by atoms with Crippen LogP contribution in [0.4, 0.5) is 19.9 Å². The number of carbonyl (C=O) groups is 1. The third-order valence-electron chi connectivity index (χ3n) is 8.90. The molecule has 0 bridgehead atoms. The van der Waals surface area contributed by atoms with E-state index >= 15 is 0 Å². The molecule has 11 nitrogen and oxygen atoms in total. The lowest BCUT2D eigenvalue weighted by molar-refractivity contribution is 0.0984. The summed E-state index contributed by atoms with van der Waals surface area (Å²) in [7, 11) is 3.27. The van der Waals surface area contributed by atoms with Crippen LogP contribution in [0.5, 0.6) is 11.5 Å². The second-order valence-corrected chi connectivity index (χ2v) is 15.1. The van der Waals surface area contributed by atoms with Gasteiger partial charge in [0.1, 0.15) is 23.8 Å². The molecule has 2 aromatic carbocycles. The van der Waals surface area contributed by atoms with E-state index in [0.717, 1.165) is 50.1 Å². The Balaban J connectivity index is 0.000000174. The molecule has 0 saturated carbocycles. The number of methoxy groups -OCH3 is 2. The molecule has 15 heteroatoms. The number of fused-ring (bicyclic) bond motifs is 4. The summed E-state index contributed by atoms with van der Waals surface area (Å²) in [6.45, 7) is 3.03. The van der Waals surface area contributed by atoms with Crippen molar-refractivity contribution in [2.45, 2.75) is 62.9 Å². The van der Waals surface area contributed by atoms with Crippen molar-refractivity contribution < 1.29 is 23.0 Å². The standard InChI is InChI=1S/C22H21FN6OS.C16H16BrFN2O2/c1-13-7-8-24-21(25-13)27-22-26-20-17-12-29(11-14-3-5-16(30-2)6-4-14)28-18(17)9-15(23)10-19(20)31-22;1-22-12-4-2-10(3-5-12)8-20-9-13-15(19-20)7-11(18)6-14(17)16(13)21/h3-8,12,15H,9-11H2,1-2H3,(H,24,25,26,27);2-5,9,11,14H,6-8H2,1H3. The minimum Gasteiger partial charge on any atom is -0.497 e. The Morgan fingerprint density at radius 2 is 1.42 bits per heavy atom. The number of alkyl halides is 3. The molecule has 53 heavy (non-hydrogen) atoms. The Morgan fingerprint density at radius 1 is 0.830 bits per heavy atom. The van der Waals surface area contributed by atoms with E-state index in [9.17, 15) is 13.6 Å². The van der Waals surface area contributed by atoms with Crippen LogP contribution >= 0.6 is 27.3 Å². The molecule has 2 aliphatic carbocycles. The Morgan fingerprint density at radius 3 is 2.02 bits per heavy atom. The van der Waals surface area contributed by atoms with Gasteiger partial charge in [-0.25, -0.2) is 23.7 Å². The van der Waals surface area contributed by atoms with Crippen molar-refractivity contribution in [1.29, 1.82) is 0 Å². The average Bonchev–Trinajstić information content (AvgIpc) is 3.81. The SMILES string of the molecule is COc1ccc(Cn2cc3c(n2)CC(F)CC(Br)C3=O)cc1.COc1ccc(Cn2cc3c(n2)CC(F)Cc2sc(Nc4nccc(C)n4)nc2-3)cc1. The summed E-state index contributed by atoms with van der Waals surface area (Å²) in [6.07, 6.45) is 4.36. The van der Waals surface area contributed by atoms with Crippen molar-refractivity contribution in [3.05, 3.63) is 112 Å². The van der Waals surface area contributed by atoms with Gasteiger partial charge in [0.2, 0.25) is 5.95 Å². The largest absolute Gasteiger partial charge is 0.497 e. The minimum absolute atomic E-state index is 0.0869. The van der Waals surface area contributed by atoms with Crippen LogP contribution in [0.1, 0.15) is 49.9 Å². The number of rotatable bonds is 8. The number of thiazole rings is 1. The Labute approximate surface area is 317 Å². The van der Waals surface area contributed by atoms with E-state index in [4.69, 9.17) is 14.5 Å². The van der Waals surface area contributed by atoms with E-state index in [1.54, 1.807) is 31.3 Å². The number of carbonyl (C=O) groups excluding carboxylic acids is 1. The van der Waals surface area contributed by atoms with Crippen LogP contribution in [0.2, 0.25) is 0 Å². The summed E-state index contributed by atoms with van der Waals surface area (Å²) >= 11 is 4.71. The fourth-order valence-electron chi connectivity index (χ4n) is 6.26. The molecule has 0 fully saturated rings. The number of aromatic nitrogens is 7. The molecule has 3 atom stereocenters. The predicted molar refractivity (Wildman–Crippen MR) is 202 cm³/mol. The van der Waals surface area contributed by atoms with Gasteiger partial charge in [0, 0.05) is 54.0 Å². The van der Waals surface area contributed by atoms with Crippen molar-refractivity contribution in [3.63, 3.8) is 0 Å². The second-order valence-electron chi connectivity index (χ2n) is 12.9. The van der Waals surface area contributed by atoms with Crippen LogP contribution in [-0.2, 0) is 32.4 Å². The van der Waals surface area contributed by atoms with Gasteiger partial charge in [0.25, 0.3) is 0 Å². The molecule has 1 N–H and O–H groups in total. The maximum absolute atomic E-state index is 14.7. The molecule has 0 saturated heterocycles. The fraction of sp³-hybridized carbons (Fsp3) is 0.316. The smallest absolute Gasteiger partial charge is 0.229 e. The number of nitrogens with zero attached hydrogens (tertiary/aromatic N) is 7. The Kier molecular flexibility index (Phi) is 10.9. The molecule has 274 valence electrons. The zero-order valence-electron chi connectivity index (χ0n) is 29.3. The van der Waals surface area contributed by atoms with E-state index in [-0.39, 0.29) is 25.0 Å². The highest BCUT2D eigenvalue weighted by Gasteiger charge is 2.31. The van der Waals surface area contributed by atoms with Gasteiger partial charge in [-0.05, 0) is 54.8 Å². The van der Waals surface area contributed by atoms with Gasteiger partial charge in [0.15, 0.2) is 10.9 Å².